The van der Waals surface area contributed by atoms with Crippen LogP contribution in [-0.4, -0.2) is 0 Å². The van der Waals surface area contributed by atoms with Crippen LogP contribution in [0.15, 0.2) is 66.7 Å². The van der Waals surface area contributed by atoms with E-state index in [0.717, 1.165) is 22.6 Å². The Bertz CT molecular complexity index is 898. The van der Waals surface area contributed by atoms with Crippen LogP contribution in [0.2, 0.25) is 0 Å². The van der Waals surface area contributed by atoms with Crippen LogP contribution in [0.1, 0.15) is 77.3 Å². The summed E-state index contributed by atoms with van der Waals surface area (Å²) < 4.78 is 14.8. The Kier molecular flexibility index (Phi) is 9.98. The summed E-state index contributed by atoms with van der Waals surface area (Å²) in [5.74, 6) is 1.37. The van der Waals surface area contributed by atoms with Gasteiger partial charge < -0.3 is 0 Å². The van der Waals surface area contributed by atoms with E-state index in [1.165, 1.54) is 36.8 Å². The first-order valence-corrected chi connectivity index (χ1v) is 12.1. The van der Waals surface area contributed by atoms with E-state index >= 15 is 0 Å². The van der Waals surface area contributed by atoms with Crippen LogP contribution >= 0.6 is 0 Å². The van der Waals surface area contributed by atoms with Crippen molar-refractivity contribution in [3.63, 3.8) is 0 Å². The predicted molar refractivity (Wildman–Crippen MR) is 135 cm³/mol. The topological polar surface area (TPSA) is 0 Å². The van der Waals surface area contributed by atoms with Gasteiger partial charge in [0, 0.05) is 5.56 Å². The van der Waals surface area contributed by atoms with Gasteiger partial charge in [-0.15, -0.1) is 0 Å². The molecule has 0 unspecified atom stereocenters. The Balaban J connectivity index is 0.000000807. The molecule has 166 valence electrons. The van der Waals surface area contributed by atoms with Gasteiger partial charge in [0.2, 0.25) is 0 Å². The molecule has 0 saturated heterocycles. The summed E-state index contributed by atoms with van der Waals surface area (Å²) in [6.45, 7) is 12.4. The van der Waals surface area contributed by atoms with E-state index in [-0.39, 0.29) is 5.82 Å². The van der Waals surface area contributed by atoms with Gasteiger partial charge >= 0.3 is 0 Å². The minimum Gasteiger partial charge on any atom is -0.206 e. The summed E-state index contributed by atoms with van der Waals surface area (Å²) in [6.07, 6.45) is 5.20. The van der Waals surface area contributed by atoms with E-state index in [9.17, 15) is 4.39 Å². The summed E-state index contributed by atoms with van der Waals surface area (Å²) in [4.78, 5) is 0. The lowest BCUT2D eigenvalue weighted by atomic mass is 9.79. The zero-order chi connectivity index (χ0) is 22.8. The second-order valence-electron chi connectivity index (χ2n) is 8.14. The van der Waals surface area contributed by atoms with Crippen LogP contribution in [0.25, 0.3) is 22.3 Å². The molecule has 3 aromatic carbocycles. The maximum atomic E-state index is 14.8. The van der Waals surface area contributed by atoms with Crippen molar-refractivity contribution < 1.29 is 4.39 Å². The first-order valence-electron chi connectivity index (χ1n) is 12.1. The highest BCUT2D eigenvalue weighted by molar-refractivity contribution is 5.71. The highest BCUT2D eigenvalue weighted by atomic mass is 19.1. The third-order valence-electron chi connectivity index (χ3n) is 6.06. The van der Waals surface area contributed by atoms with Crippen LogP contribution in [0.3, 0.4) is 0 Å². The summed E-state index contributed by atoms with van der Waals surface area (Å²) in [5.41, 5.74) is 6.22. The third kappa shape index (κ3) is 6.53. The lowest BCUT2D eigenvalue weighted by Crippen LogP contribution is -2.10. The van der Waals surface area contributed by atoms with Crippen LogP contribution < -0.4 is 0 Å². The van der Waals surface area contributed by atoms with Gasteiger partial charge in [-0.25, -0.2) is 4.39 Å². The Morgan fingerprint density at radius 1 is 0.645 bits per heavy atom. The Hall–Kier alpha value is -2.41. The maximum absolute atomic E-state index is 14.8. The first kappa shape index (κ1) is 24.9. The van der Waals surface area contributed by atoms with E-state index < -0.39 is 0 Å². The van der Waals surface area contributed by atoms with E-state index in [2.05, 4.69) is 50.2 Å². The molecule has 3 aromatic rings. The molecule has 31 heavy (non-hydrogen) atoms. The van der Waals surface area contributed by atoms with E-state index in [0.29, 0.717) is 11.5 Å². The number of aryl methyl sites for hydroxylation is 1. The molecule has 0 spiro atoms. The molecule has 0 bridgehead atoms. The van der Waals surface area contributed by atoms with E-state index in [1.807, 2.05) is 52.0 Å². The van der Waals surface area contributed by atoms with Crippen molar-refractivity contribution in [1.82, 2.24) is 0 Å². The number of hydrogen-bond donors (Lipinski definition) is 0. The van der Waals surface area contributed by atoms with Crippen molar-refractivity contribution >= 4 is 0 Å². The van der Waals surface area contributed by atoms with E-state index in [4.69, 9.17) is 0 Å². The number of rotatable bonds is 3. The van der Waals surface area contributed by atoms with Crippen molar-refractivity contribution in [3.8, 4) is 22.3 Å². The van der Waals surface area contributed by atoms with Gasteiger partial charge in [-0.3, -0.25) is 0 Å². The van der Waals surface area contributed by atoms with Gasteiger partial charge in [-0.1, -0.05) is 114 Å². The SMILES string of the molecule is CC.CC.Cc1ccc(-c2ccc(-c3ccc(C4CCC(C)CC4)cc3)c(F)c2)cc1. The molecule has 0 aliphatic heterocycles. The number of halogens is 1. The summed E-state index contributed by atoms with van der Waals surface area (Å²) in [7, 11) is 0. The van der Waals surface area contributed by atoms with Crippen LogP contribution in [0, 0.1) is 18.7 Å². The third-order valence-corrected chi connectivity index (χ3v) is 6.06. The molecule has 1 aliphatic rings. The standard InChI is InChI=1S/C26H27F.2C2H6/c1-18-3-7-20(8-4-18)21-11-13-23(14-12-21)25-16-15-24(17-26(25)27)22-9-5-19(2)6-10-22;2*1-2/h5-6,9-18,20H,3-4,7-8H2,1-2H3;2*1-2H3. The lowest BCUT2D eigenvalue weighted by Gasteiger charge is -2.26. The van der Waals surface area contributed by atoms with Gasteiger partial charge in [-0.2, -0.15) is 0 Å². The lowest BCUT2D eigenvalue weighted by molar-refractivity contribution is 0.348. The quantitative estimate of drug-likeness (QED) is 0.397. The Morgan fingerprint density at radius 3 is 1.71 bits per heavy atom. The summed E-state index contributed by atoms with van der Waals surface area (Å²) in [6, 6.07) is 22.3. The molecule has 0 N–H and O–H groups in total. The molecule has 0 atom stereocenters. The van der Waals surface area contributed by atoms with Crippen LogP contribution in [0.5, 0.6) is 0 Å². The minimum absolute atomic E-state index is 0.160. The van der Waals surface area contributed by atoms with E-state index in [1.54, 1.807) is 6.07 Å². The van der Waals surface area contributed by atoms with Crippen molar-refractivity contribution in [2.45, 2.75) is 73.1 Å². The molecular formula is C30H39F. The molecular weight excluding hydrogens is 379 g/mol. The minimum atomic E-state index is -0.160. The average molecular weight is 419 g/mol. The zero-order valence-corrected chi connectivity index (χ0v) is 20.2. The molecule has 1 heteroatoms. The van der Waals surface area contributed by atoms with Crippen LogP contribution in [-0.2, 0) is 0 Å². The smallest absolute Gasteiger partial charge is 0.131 e. The fourth-order valence-corrected chi connectivity index (χ4v) is 4.20. The van der Waals surface area contributed by atoms with Crippen molar-refractivity contribution in [1.29, 1.82) is 0 Å². The molecule has 0 amide bonds. The second-order valence-corrected chi connectivity index (χ2v) is 8.14. The Morgan fingerprint density at radius 2 is 1.16 bits per heavy atom. The fourth-order valence-electron chi connectivity index (χ4n) is 4.20. The fraction of sp³-hybridized carbons (Fsp3) is 0.400. The number of hydrogen-bond acceptors (Lipinski definition) is 0. The van der Waals surface area contributed by atoms with Gasteiger partial charge in [0.05, 0.1) is 0 Å². The van der Waals surface area contributed by atoms with Gasteiger partial charge in [0.15, 0.2) is 0 Å². The molecule has 1 fully saturated rings. The van der Waals surface area contributed by atoms with Gasteiger partial charge in [0.1, 0.15) is 5.82 Å². The zero-order valence-electron chi connectivity index (χ0n) is 20.2. The maximum Gasteiger partial charge on any atom is 0.131 e. The van der Waals surface area contributed by atoms with Crippen molar-refractivity contribution in [3.05, 3.63) is 83.7 Å². The molecule has 0 aromatic heterocycles. The van der Waals surface area contributed by atoms with Crippen molar-refractivity contribution in [2.24, 2.45) is 5.92 Å². The first-order chi connectivity index (χ1) is 15.1. The predicted octanol–water partition coefficient (Wildman–Crippen LogP) is 9.81. The normalized spacial score (nSPS) is 17.6. The van der Waals surface area contributed by atoms with Crippen LogP contribution in [0.4, 0.5) is 4.39 Å². The summed E-state index contributed by atoms with van der Waals surface area (Å²) in [5, 5.41) is 0. The summed E-state index contributed by atoms with van der Waals surface area (Å²) >= 11 is 0. The number of benzene rings is 3. The second kappa shape index (κ2) is 12.4. The highest BCUT2D eigenvalue weighted by Gasteiger charge is 2.19. The highest BCUT2D eigenvalue weighted by Crippen LogP contribution is 2.36. The van der Waals surface area contributed by atoms with Gasteiger partial charge in [0.25, 0.3) is 0 Å². The van der Waals surface area contributed by atoms with Crippen molar-refractivity contribution in [2.75, 3.05) is 0 Å². The molecule has 0 nitrogen and oxygen atoms in total. The largest absolute Gasteiger partial charge is 0.206 e. The molecule has 4 rings (SSSR count). The Labute approximate surface area is 189 Å². The molecule has 0 heterocycles. The van der Waals surface area contributed by atoms with Gasteiger partial charge in [-0.05, 0) is 59.9 Å². The molecule has 1 saturated carbocycles. The average Bonchev–Trinajstić information content (AvgIpc) is 2.83. The monoisotopic (exact) mass is 418 g/mol. The molecule has 1 aliphatic carbocycles. The molecule has 0 radical (unpaired) electrons.